The Morgan fingerprint density at radius 3 is 2.81 bits per heavy atom. The van der Waals surface area contributed by atoms with Crippen LogP contribution in [0, 0.1) is 12.7 Å². The number of fused-ring (bicyclic) bond motifs is 1. The largest absolute Gasteiger partial charge is 0.355 e. The van der Waals surface area contributed by atoms with Gasteiger partial charge in [-0.15, -0.1) is 11.3 Å². The summed E-state index contributed by atoms with van der Waals surface area (Å²) in [6, 6.07) is 9.77. The molecule has 0 saturated carbocycles. The van der Waals surface area contributed by atoms with Gasteiger partial charge in [-0.3, -0.25) is 9.48 Å². The van der Waals surface area contributed by atoms with E-state index in [0.717, 1.165) is 16.8 Å². The van der Waals surface area contributed by atoms with Crippen molar-refractivity contribution in [2.24, 2.45) is 7.05 Å². The van der Waals surface area contributed by atoms with E-state index in [0.29, 0.717) is 6.54 Å². The maximum atomic E-state index is 14.1. The third-order valence-corrected chi connectivity index (χ3v) is 7.16. The molecule has 0 saturated heterocycles. The summed E-state index contributed by atoms with van der Waals surface area (Å²) >= 11 is 1.71. The third-order valence-electron chi connectivity index (χ3n) is 6.12. The summed E-state index contributed by atoms with van der Waals surface area (Å²) in [5, 5.41) is 10.4. The Morgan fingerprint density at radius 2 is 2.06 bits per heavy atom. The highest BCUT2D eigenvalue weighted by atomic mass is 32.1. The lowest BCUT2D eigenvalue weighted by Gasteiger charge is -2.37. The molecule has 0 aliphatic carbocycles. The Labute approximate surface area is 182 Å². The van der Waals surface area contributed by atoms with Crippen molar-refractivity contribution in [3.63, 3.8) is 0 Å². The van der Waals surface area contributed by atoms with Crippen LogP contribution in [0.1, 0.15) is 51.1 Å². The van der Waals surface area contributed by atoms with Crippen molar-refractivity contribution >= 4 is 17.2 Å². The van der Waals surface area contributed by atoms with Crippen LogP contribution in [0.25, 0.3) is 11.3 Å². The fourth-order valence-corrected chi connectivity index (χ4v) is 5.33. The molecule has 1 aromatic carbocycles. The summed E-state index contributed by atoms with van der Waals surface area (Å²) in [6.07, 6.45) is 1.88. The van der Waals surface area contributed by atoms with Crippen molar-refractivity contribution < 1.29 is 13.7 Å². The zero-order valence-corrected chi connectivity index (χ0v) is 18.2. The highest BCUT2D eigenvalue weighted by molar-refractivity contribution is 7.10. The van der Waals surface area contributed by atoms with Crippen molar-refractivity contribution in [2.75, 3.05) is 6.54 Å². The van der Waals surface area contributed by atoms with Gasteiger partial charge in [0.2, 0.25) is 0 Å². The summed E-state index contributed by atoms with van der Waals surface area (Å²) in [6.45, 7) is 4.58. The molecule has 0 radical (unpaired) electrons. The molecule has 5 rings (SSSR count). The molecule has 0 unspecified atom stereocenters. The van der Waals surface area contributed by atoms with Crippen LogP contribution in [0.3, 0.4) is 0 Å². The number of carbonyl (C=O) groups excluding carboxylic acids is 1. The van der Waals surface area contributed by atoms with Crippen LogP contribution in [0.4, 0.5) is 4.39 Å². The van der Waals surface area contributed by atoms with Crippen LogP contribution in [-0.4, -0.2) is 32.3 Å². The lowest BCUT2D eigenvalue weighted by molar-refractivity contribution is 0.0656. The number of amides is 1. The molecule has 1 aliphatic rings. The van der Waals surface area contributed by atoms with E-state index in [1.54, 1.807) is 29.5 Å². The lowest BCUT2D eigenvalue weighted by atomic mass is 9.88. The Bertz CT molecular complexity index is 1270. The van der Waals surface area contributed by atoms with E-state index < -0.39 is 5.82 Å². The maximum Gasteiger partial charge on any atom is 0.276 e. The number of carbonyl (C=O) groups is 1. The van der Waals surface area contributed by atoms with Gasteiger partial charge in [-0.1, -0.05) is 17.3 Å². The second-order valence-electron chi connectivity index (χ2n) is 7.79. The van der Waals surface area contributed by atoms with Gasteiger partial charge in [0.15, 0.2) is 11.5 Å². The fraction of sp³-hybridized carbons (Fsp3) is 0.261. The van der Waals surface area contributed by atoms with Gasteiger partial charge < -0.3 is 9.42 Å². The van der Waals surface area contributed by atoms with Crippen LogP contribution >= 0.6 is 11.3 Å². The SMILES string of the molecule is Cc1c([C@H]2CN(C(=O)c3cc(-c4ccccc4F)on3)[C@@H](C)c3ccsc32)cnn1C. The maximum absolute atomic E-state index is 14.1. The van der Waals surface area contributed by atoms with Gasteiger partial charge in [0.05, 0.1) is 17.8 Å². The van der Waals surface area contributed by atoms with E-state index in [4.69, 9.17) is 4.52 Å². The van der Waals surface area contributed by atoms with Crippen LogP contribution in [0.2, 0.25) is 0 Å². The number of halogens is 1. The molecule has 2 atom stereocenters. The zero-order valence-electron chi connectivity index (χ0n) is 17.4. The van der Waals surface area contributed by atoms with Crippen molar-refractivity contribution in [1.82, 2.24) is 19.8 Å². The second kappa shape index (κ2) is 7.46. The van der Waals surface area contributed by atoms with E-state index in [2.05, 4.69) is 21.7 Å². The molecule has 0 spiro atoms. The molecule has 1 aliphatic heterocycles. The summed E-state index contributed by atoms with van der Waals surface area (Å²) in [5.74, 6) is -0.370. The molecule has 4 heterocycles. The first kappa shape index (κ1) is 19.7. The van der Waals surface area contributed by atoms with Crippen LogP contribution < -0.4 is 0 Å². The van der Waals surface area contributed by atoms with Crippen LogP contribution in [-0.2, 0) is 7.05 Å². The number of aromatic nitrogens is 3. The Kier molecular flexibility index (Phi) is 4.74. The summed E-state index contributed by atoms with van der Waals surface area (Å²) < 4.78 is 21.3. The lowest BCUT2D eigenvalue weighted by Crippen LogP contribution is -2.40. The van der Waals surface area contributed by atoms with Crippen molar-refractivity contribution in [2.45, 2.75) is 25.8 Å². The standard InChI is InChI=1S/C23H21FN4O2S/c1-13-17(11-25-27(13)3)18-12-28(14(2)15-8-9-31-22(15)18)23(29)20-10-21(30-26-20)16-6-4-5-7-19(16)24/h4-11,14,18H,12H2,1-3H3/t14-,18+/m0/s1. The van der Waals surface area contributed by atoms with Crippen LogP contribution in [0.5, 0.6) is 0 Å². The molecular formula is C23H21FN4O2S. The minimum Gasteiger partial charge on any atom is -0.355 e. The molecule has 6 nitrogen and oxygen atoms in total. The minimum atomic E-state index is -0.418. The number of nitrogens with zero attached hydrogens (tertiary/aromatic N) is 4. The fourth-order valence-electron chi connectivity index (χ4n) is 4.23. The topological polar surface area (TPSA) is 64.2 Å². The monoisotopic (exact) mass is 436 g/mol. The molecule has 31 heavy (non-hydrogen) atoms. The summed E-state index contributed by atoms with van der Waals surface area (Å²) in [5.41, 5.74) is 3.78. The predicted octanol–water partition coefficient (Wildman–Crippen LogP) is 4.93. The Balaban J connectivity index is 1.50. The second-order valence-corrected chi connectivity index (χ2v) is 8.74. The normalized spacial score (nSPS) is 18.3. The molecule has 8 heteroatoms. The highest BCUT2D eigenvalue weighted by Gasteiger charge is 2.37. The summed E-state index contributed by atoms with van der Waals surface area (Å²) in [4.78, 5) is 16.5. The van der Waals surface area contributed by atoms with Gasteiger partial charge in [-0.05, 0) is 43.0 Å². The number of hydrogen-bond acceptors (Lipinski definition) is 5. The van der Waals surface area contributed by atoms with Gasteiger partial charge in [0.25, 0.3) is 5.91 Å². The van der Waals surface area contributed by atoms with Gasteiger partial charge in [-0.2, -0.15) is 5.10 Å². The van der Waals surface area contributed by atoms with Crippen molar-refractivity contribution in [1.29, 1.82) is 0 Å². The Morgan fingerprint density at radius 1 is 1.26 bits per heavy atom. The number of aryl methyl sites for hydroxylation is 1. The van der Waals surface area contributed by atoms with Gasteiger partial charge >= 0.3 is 0 Å². The van der Waals surface area contributed by atoms with Gasteiger partial charge in [0, 0.05) is 41.7 Å². The van der Waals surface area contributed by atoms with Crippen molar-refractivity contribution in [3.05, 3.63) is 81.2 Å². The average Bonchev–Trinajstić information content (AvgIpc) is 3.50. The van der Waals surface area contributed by atoms with E-state index in [1.807, 2.05) is 36.7 Å². The van der Waals surface area contributed by atoms with E-state index in [9.17, 15) is 9.18 Å². The van der Waals surface area contributed by atoms with Crippen molar-refractivity contribution in [3.8, 4) is 11.3 Å². The number of rotatable bonds is 3. The third kappa shape index (κ3) is 3.18. The molecule has 3 aromatic heterocycles. The van der Waals surface area contributed by atoms with E-state index in [-0.39, 0.29) is 34.9 Å². The number of hydrogen-bond donors (Lipinski definition) is 0. The van der Waals surface area contributed by atoms with Gasteiger partial charge in [0.1, 0.15) is 5.82 Å². The minimum absolute atomic E-state index is 0.0433. The average molecular weight is 437 g/mol. The predicted molar refractivity (Wildman–Crippen MR) is 115 cm³/mol. The highest BCUT2D eigenvalue weighted by Crippen LogP contribution is 2.43. The molecule has 0 bridgehead atoms. The molecule has 0 fully saturated rings. The van der Waals surface area contributed by atoms with Crippen LogP contribution in [0.15, 0.2) is 52.5 Å². The molecule has 4 aromatic rings. The molecular weight excluding hydrogens is 415 g/mol. The smallest absolute Gasteiger partial charge is 0.276 e. The number of benzene rings is 1. The molecule has 1 amide bonds. The van der Waals surface area contributed by atoms with E-state index >= 15 is 0 Å². The van der Waals surface area contributed by atoms with E-state index in [1.165, 1.54) is 17.0 Å². The Hall–Kier alpha value is -3.26. The zero-order chi connectivity index (χ0) is 21.7. The first-order valence-corrected chi connectivity index (χ1v) is 10.9. The first-order valence-electron chi connectivity index (χ1n) is 10.0. The molecule has 0 N–H and O–H groups in total. The molecule has 158 valence electrons. The number of thiophene rings is 1. The summed E-state index contributed by atoms with van der Waals surface area (Å²) in [7, 11) is 1.92. The van der Waals surface area contributed by atoms with Gasteiger partial charge in [-0.25, -0.2) is 4.39 Å². The quantitative estimate of drug-likeness (QED) is 0.457. The first-order chi connectivity index (χ1) is 15.0.